The van der Waals surface area contributed by atoms with Gasteiger partial charge < -0.3 is 15.4 Å². The molecule has 1 aliphatic carbocycles. The highest BCUT2D eigenvalue weighted by molar-refractivity contribution is 5.92. The summed E-state index contributed by atoms with van der Waals surface area (Å²) in [5.41, 5.74) is 3.83. The molecule has 0 atom stereocenters. The van der Waals surface area contributed by atoms with E-state index in [2.05, 4.69) is 26.7 Å². The number of amides is 1. The highest BCUT2D eigenvalue weighted by Crippen LogP contribution is 2.19. The fourth-order valence-electron chi connectivity index (χ4n) is 3.43. The lowest BCUT2D eigenvalue weighted by Gasteiger charge is -2.13. The molecule has 1 aromatic carbocycles. The molecule has 2 N–H and O–H groups in total. The van der Waals surface area contributed by atoms with E-state index in [0.717, 1.165) is 30.7 Å². The van der Waals surface area contributed by atoms with E-state index in [-0.39, 0.29) is 5.91 Å². The van der Waals surface area contributed by atoms with Crippen molar-refractivity contribution in [3.05, 3.63) is 58.9 Å². The second-order valence-electron chi connectivity index (χ2n) is 7.36. The number of nitrogens with one attached hydrogen (secondary N) is 2. The summed E-state index contributed by atoms with van der Waals surface area (Å²) in [6.07, 6.45) is 8.93. The van der Waals surface area contributed by atoms with Crippen molar-refractivity contribution in [2.75, 3.05) is 25.5 Å². The molecule has 0 saturated heterocycles. The normalized spacial score (nSPS) is 13.5. The van der Waals surface area contributed by atoms with E-state index in [0.29, 0.717) is 24.7 Å². The van der Waals surface area contributed by atoms with Crippen molar-refractivity contribution in [2.45, 2.75) is 45.4 Å². The van der Waals surface area contributed by atoms with Gasteiger partial charge in [-0.15, -0.1) is 0 Å². The molecule has 0 unspecified atom stereocenters. The second kappa shape index (κ2) is 10.6. The first-order chi connectivity index (χ1) is 14.1. The van der Waals surface area contributed by atoms with Crippen LogP contribution in [0.3, 0.4) is 0 Å². The number of anilines is 1. The molecule has 2 aromatic rings. The minimum Gasteiger partial charge on any atom is -0.497 e. The minimum atomic E-state index is -0.148. The molecule has 0 fully saturated rings. The average molecular weight is 395 g/mol. The zero-order valence-electron chi connectivity index (χ0n) is 17.3. The van der Waals surface area contributed by atoms with Crippen LogP contribution in [-0.2, 0) is 6.42 Å². The second-order valence-corrected chi connectivity index (χ2v) is 7.36. The van der Waals surface area contributed by atoms with E-state index < -0.39 is 0 Å². The van der Waals surface area contributed by atoms with Crippen molar-refractivity contribution in [1.82, 2.24) is 15.3 Å². The number of ether oxygens (including phenoxy) is 1. The Kier molecular flexibility index (Phi) is 7.61. The monoisotopic (exact) mass is 394 g/mol. The van der Waals surface area contributed by atoms with Gasteiger partial charge >= 0.3 is 0 Å². The summed E-state index contributed by atoms with van der Waals surface area (Å²) < 4.78 is 5.18. The molecule has 1 aliphatic rings. The Morgan fingerprint density at radius 1 is 1.10 bits per heavy atom. The van der Waals surface area contributed by atoms with Crippen molar-refractivity contribution in [3.8, 4) is 5.75 Å². The highest BCUT2D eigenvalue weighted by Gasteiger charge is 2.11. The first-order valence-electron chi connectivity index (χ1n) is 10.3. The Hall–Kier alpha value is -2.89. The molecular formula is C23H30N4O2. The largest absolute Gasteiger partial charge is 0.497 e. The smallest absolute Gasteiger partial charge is 0.270 e. The number of hydrogen-bond acceptors (Lipinski definition) is 5. The number of methoxy groups -OCH3 is 1. The lowest BCUT2D eigenvalue weighted by molar-refractivity contribution is 0.0949. The molecule has 0 radical (unpaired) electrons. The standard InChI is InChI=1S/C23H30N4O2/c1-17-16-21(22(28)24-14-12-18-6-4-3-5-7-18)27-23(26-17)25-15-13-19-8-10-20(29-2)11-9-19/h6,8-11,16H,3-5,7,12-15H2,1-2H3,(H,24,28)(H,25,26,27). The number of carbonyl (C=O) groups excluding carboxylic acids is 1. The molecule has 1 amide bonds. The average Bonchev–Trinajstić information content (AvgIpc) is 2.74. The van der Waals surface area contributed by atoms with Gasteiger partial charge in [-0.2, -0.15) is 0 Å². The molecule has 0 spiro atoms. The van der Waals surface area contributed by atoms with Crippen LogP contribution in [0.1, 0.15) is 53.8 Å². The molecular weight excluding hydrogens is 364 g/mol. The summed E-state index contributed by atoms with van der Waals surface area (Å²) in [6.45, 7) is 3.21. The van der Waals surface area contributed by atoms with E-state index in [1.807, 2.05) is 31.2 Å². The molecule has 1 aromatic heterocycles. The first kappa shape index (κ1) is 20.8. The van der Waals surface area contributed by atoms with Gasteiger partial charge in [0.15, 0.2) is 0 Å². The molecule has 3 rings (SSSR count). The number of rotatable bonds is 9. The van der Waals surface area contributed by atoms with E-state index in [4.69, 9.17) is 4.74 Å². The van der Waals surface area contributed by atoms with Crippen LogP contribution in [-0.4, -0.2) is 36.1 Å². The minimum absolute atomic E-state index is 0.148. The zero-order chi connectivity index (χ0) is 20.5. The summed E-state index contributed by atoms with van der Waals surface area (Å²) in [7, 11) is 1.66. The van der Waals surface area contributed by atoms with Gasteiger partial charge in [0.05, 0.1) is 7.11 Å². The van der Waals surface area contributed by atoms with E-state index in [1.54, 1.807) is 13.2 Å². The van der Waals surface area contributed by atoms with Crippen LogP contribution in [0.5, 0.6) is 5.75 Å². The van der Waals surface area contributed by atoms with E-state index >= 15 is 0 Å². The number of aromatic nitrogens is 2. The first-order valence-corrected chi connectivity index (χ1v) is 10.3. The maximum atomic E-state index is 12.5. The van der Waals surface area contributed by atoms with Crippen LogP contribution in [0.15, 0.2) is 42.0 Å². The van der Waals surface area contributed by atoms with Crippen LogP contribution in [0.2, 0.25) is 0 Å². The Morgan fingerprint density at radius 3 is 2.66 bits per heavy atom. The third kappa shape index (κ3) is 6.59. The fourth-order valence-corrected chi connectivity index (χ4v) is 3.43. The Labute approximate surface area is 172 Å². The van der Waals surface area contributed by atoms with Gasteiger partial charge in [-0.05, 0) is 69.2 Å². The van der Waals surface area contributed by atoms with E-state index in [9.17, 15) is 4.79 Å². The zero-order valence-corrected chi connectivity index (χ0v) is 17.3. The van der Waals surface area contributed by atoms with Gasteiger partial charge in [-0.3, -0.25) is 4.79 Å². The third-order valence-corrected chi connectivity index (χ3v) is 5.06. The predicted octanol–water partition coefficient (Wildman–Crippen LogP) is 4.07. The number of nitrogens with zero attached hydrogens (tertiary/aromatic N) is 2. The van der Waals surface area contributed by atoms with Crippen molar-refractivity contribution in [3.63, 3.8) is 0 Å². The molecule has 6 nitrogen and oxygen atoms in total. The number of benzene rings is 1. The van der Waals surface area contributed by atoms with Crippen molar-refractivity contribution >= 4 is 11.9 Å². The SMILES string of the molecule is COc1ccc(CCNc2nc(C)cc(C(=O)NCCC3=CCCCC3)n2)cc1. The lowest BCUT2D eigenvalue weighted by Crippen LogP contribution is -2.26. The van der Waals surface area contributed by atoms with Crippen LogP contribution in [0, 0.1) is 6.92 Å². The summed E-state index contributed by atoms with van der Waals surface area (Å²) in [6, 6.07) is 9.70. The summed E-state index contributed by atoms with van der Waals surface area (Å²) >= 11 is 0. The van der Waals surface area contributed by atoms with Crippen LogP contribution in [0.25, 0.3) is 0 Å². The van der Waals surface area contributed by atoms with Gasteiger partial charge in [0.1, 0.15) is 11.4 Å². The predicted molar refractivity (Wildman–Crippen MR) is 115 cm³/mol. The molecule has 0 saturated carbocycles. The fraction of sp³-hybridized carbons (Fsp3) is 0.435. The Balaban J connectivity index is 1.50. The molecule has 29 heavy (non-hydrogen) atoms. The Bertz CT molecular complexity index is 846. The van der Waals surface area contributed by atoms with Crippen molar-refractivity contribution in [2.24, 2.45) is 0 Å². The van der Waals surface area contributed by atoms with Crippen LogP contribution >= 0.6 is 0 Å². The maximum Gasteiger partial charge on any atom is 0.270 e. The topological polar surface area (TPSA) is 76.1 Å². The van der Waals surface area contributed by atoms with Gasteiger partial charge in [-0.1, -0.05) is 23.8 Å². The molecule has 6 heteroatoms. The molecule has 154 valence electrons. The number of hydrogen-bond donors (Lipinski definition) is 2. The third-order valence-electron chi connectivity index (χ3n) is 5.06. The number of allylic oxidation sites excluding steroid dienone is 1. The van der Waals surface area contributed by atoms with Gasteiger partial charge in [0.2, 0.25) is 5.95 Å². The lowest BCUT2D eigenvalue weighted by atomic mass is 9.97. The number of carbonyl (C=O) groups is 1. The van der Waals surface area contributed by atoms with Crippen LogP contribution < -0.4 is 15.4 Å². The quantitative estimate of drug-likeness (QED) is 0.627. The summed E-state index contributed by atoms with van der Waals surface area (Å²) in [5.74, 6) is 1.18. The molecule has 1 heterocycles. The Morgan fingerprint density at radius 2 is 1.93 bits per heavy atom. The highest BCUT2D eigenvalue weighted by atomic mass is 16.5. The van der Waals surface area contributed by atoms with Crippen molar-refractivity contribution < 1.29 is 9.53 Å². The van der Waals surface area contributed by atoms with Gasteiger partial charge in [-0.25, -0.2) is 9.97 Å². The summed E-state index contributed by atoms with van der Waals surface area (Å²) in [4.78, 5) is 21.3. The van der Waals surface area contributed by atoms with Crippen LogP contribution in [0.4, 0.5) is 5.95 Å². The van der Waals surface area contributed by atoms with Gasteiger partial charge in [0.25, 0.3) is 5.91 Å². The van der Waals surface area contributed by atoms with Gasteiger partial charge in [0, 0.05) is 18.8 Å². The molecule has 0 bridgehead atoms. The molecule has 0 aliphatic heterocycles. The van der Waals surface area contributed by atoms with Crippen molar-refractivity contribution in [1.29, 1.82) is 0 Å². The number of aryl methyl sites for hydroxylation is 1. The summed E-state index contributed by atoms with van der Waals surface area (Å²) in [5, 5.41) is 6.21. The maximum absolute atomic E-state index is 12.5. The van der Waals surface area contributed by atoms with E-state index in [1.165, 1.54) is 30.4 Å².